The van der Waals surface area contributed by atoms with Crippen molar-refractivity contribution in [3.05, 3.63) is 35.6 Å². The van der Waals surface area contributed by atoms with E-state index in [9.17, 15) is 18.8 Å². The Bertz CT molecular complexity index is 657. The van der Waals surface area contributed by atoms with Gasteiger partial charge in [0, 0.05) is 12.8 Å². The molecular formula is C15H16FN3O4. The Labute approximate surface area is 131 Å². The number of amides is 2. The Kier molecular flexibility index (Phi) is 5.05. The van der Waals surface area contributed by atoms with Crippen molar-refractivity contribution in [1.29, 1.82) is 0 Å². The predicted molar refractivity (Wildman–Crippen MR) is 78.9 cm³/mol. The fourth-order valence-electron chi connectivity index (χ4n) is 1.99. The van der Waals surface area contributed by atoms with Gasteiger partial charge in [0.1, 0.15) is 17.6 Å². The van der Waals surface area contributed by atoms with Crippen molar-refractivity contribution in [3.63, 3.8) is 0 Å². The first-order valence-electron chi connectivity index (χ1n) is 7.03. The van der Waals surface area contributed by atoms with Crippen LogP contribution in [0.2, 0.25) is 0 Å². The van der Waals surface area contributed by atoms with Gasteiger partial charge in [-0.05, 0) is 24.6 Å². The molecule has 0 unspecified atom stereocenters. The highest BCUT2D eigenvalue weighted by molar-refractivity contribution is 6.39. The zero-order chi connectivity index (χ0) is 17.0. The van der Waals surface area contributed by atoms with Crippen molar-refractivity contribution in [1.82, 2.24) is 10.3 Å². The van der Waals surface area contributed by atoms with Gasteiger partial charge in [0.25, 0.3) is 5.91 Å². The third-order valence-electron chi connectivity index (χ3n) is 3.33. The second kappa shape index (κ2) is 6.99. The average molecular weight is 321 g/mol. The molecule has 7 nitrogen and oxygen atoms in total. The molecule has 1 aromatic carbocycles. The van der Waals surface area contributed by atoms with Crippen LogP contribution < -0.4 is 5.32 Å². The summed E-state index contributed by atoms with van der Waals surface area (Å²) in [6.45, 7) is 1.45. The Morgan fingerprint density at radius 1 is 1.35 bits per heavy atom. The van der Waals surface area contributed by atoms with E-state index in [1.807, 2.05) is 0 Å². The van der Waals surface area contributed by atoms with Crippen LogP contribution >= 0.6 is 0 Å². The summed E-state index contributed by atoms with van der Waals surface area (Å²) in [5.74, 6) is -2.41. The second-order valence-corrected chi connectivity index (χ2v) is 5.16. The number of hydrazone groups is 1. The van der Waals surface area contributed by atoms with Crippen LogP contribution in [0.4, 0.5) is 4.39 Å². The van der Waals surface area contributed by atoms with Crippen molar-refractivity contribution in [2.75, 3.05) is 0 Å². The van der Waals surface area contributed by atoms with Crippen LogP contribution in [0.15, 0.2) is 29.4 Å². The summed E-state index contributed by atoms with van der Waals surface area (Å²) in [4.78, 5) is 34.6. The third-order valence-corrected chi connectivity index (χ3v) is 3.33. The van der Waals surface area contributed by atoms with Gasteiger partial charge in [-0.1, -0.05) is 12.1 Å². The fourth-order valence-corrected chi connectivity index (χ4v) is 1.99. The van der Waals surface area contributed by atoms with Gasteiger partial charge in [-0.25, -0.2) is 9.40 Å². The van der Waals surface area contributed by atoms with Crippen LogP contribution in [-0.4, -0.2) is 39.7 Å². The molecule has 2 N–H and O–H groups in total. The number of carbonyl (C=O) groups is 3. The molecule has 1 aliphatic rings. The van der Waals surface area contributed by atoms with E-state index in [1.165, 1.54) is 31.2 Å². The molecule has 0 saturated carbocycles. The maximum Gasteiger partial charge on any atom is 0.325 e. The van der Waals surface area contributed by atoms with E-state index >= 15 is 0 Å². The number of hydrogen-bond acceptors (Lipinski definition) is 4. The molecule has 0 bridgehead atoms. The highest BCUT2D eigenvalue weighted by atomic mass is 19.1. The SMILES string of the molecule is C[C@H](NC(=O)C1=NN(Cc2ccc(F)cc2)C(=O)CC1)C(=O)O. The summed E-state index contributed by atoms with van der Waals surface area (Å²) in [7, 11) is 0. The molecule has 0 fully saturated rings. The van der Waals surface area contributed by atoms with Crippen LogP contribution in [-0.2, 0) is 20.9 Å². The topological polar surface area (TPSA) is 99.1 Å². The van der Waals surface area contributed by atoms with E-state index in [4.69, 9.17) is 5.11 Å². The lowest BCUT2D eigenvalue weighted by Crippen LogP contribution is -2.44. The number of carboxylic acid groups (broad SMARTS) is 1. The van der Waals surface area contributed by atoms with Crippen LogP contribution in [0.3, 0.4) is 0 Å². The van der Waals surface area contributed by atoms with Gasteiger partial charge in [-0.15, -0.1) is 0 Å². The zero-order valence-corrected chi connectivity index (χ0v) is 12.5. The highest BCUT2D eigenvalue weighted by Crippen LogP contribution is 2.14. The zero-order valence-electron chi connectivity index (χ0n) is 12.5. The molecule has 122 valence electrons. The van der Waals surface area contributed by atoms with E-state index in [0.717, 1.165) is 5.01 Å². The quantitative estimate of drug-likeness (QED) is 0.841. The van der Waals surface area contributed by atoms with E-state index in [2.05, 4.69) is 10.4 Å². The van der Waals surface area contributed by atoms with E-state index in [-0.39, 0.29) is 36.8 Å². The number of rotatable bonds is 5. The van der Waals surface area contributed by atoms with Crippen molar-refractivity contribution in [3.8, 4) is 0 Å². The molecule has 1 aliphatic heterocycles. The second-order valence-electron chi connectivity index (χ2n) is 5.16. The van der Waals surface area contributed by atoms with Crippen LogP contribution in [0, 0.1) is 5.82 Å². The lowest BCUT2D eigenvalue weighted by molar-refractivity contribution is -0.140. The number of nitrogens with one attached hydrogen (secondary N) is 1. The van der Waals surface area contributed by atoms with Gasteiger partial charge < -0.3 is 10.4 Å². The predicted octanol–water partition coefficient (Wildman–Crippen LogP) is 0.893. The average Bonchev–Trinajstić information content (AvgIpc) is 2.51. The van der Waals surface area contributed by atoms with E-state index in [1.54, 1.807) is 0 Å². The molecule has 1 heterocycles. The standard InChI is InChI=1S/C15H16FN3O4/c1-9(15(22)23)17-14(21)12-6-7-13(20)19(18-12)8-10-2-4-11(16)5-3-10/h2-5,9H,6-8H2,1H3,(H,17,21)(H,22,23)/t9-/m0/s1. The maximum absolute atomic E-state index is 12.9. The third kappa shape index (κ3) is 4.35. The van der Waals surface area contributed by atoms with Crippen LogP contribution in [0.1, 0.15) is 25.3 Å². The normalized spacial score (nSPS) is 15.8. The number of halogens is 1. The lowest BCUT2D eigenvalue weighted by Gasteiger charge is -2.23. The van der Waals surface area contributed by atoms with Crippen LogP contribution in [0.5, 0.6) is 0 Å². The van der Waals surface area contributed by atoms with Gasteiger partial charge in [0.05, 0.1) is 6.54 Å². The van der Waals surface area contributed by atoms with Gasteiger partial charge in [-0.3, -0.25) is 14.4 Å². The van der Waals surface area contributed by atoms with E-state index < -0.39 is 17.9 Å². The number of carboxylic acids is 1. The molecule has 2 rings (SSSR count). The summed E-state index contributed by atoms with van der Waals surface area (Å²) in [6, 6.07) is 4.55. The Morgan fingerprint density at radius 3 is 2.61 bits per heavy atom. The van der Waals surface area contributed by atoms with Gasteiger partial charge in [0.15, 0.2) is 0 Å². The molecule has 0 aromatic heterocycles. The summed E-state index contributed by atoms with van der Waals surface area (Å²) in [5.41, 5.74) is 0.767. The van der Waals surface area contributed by atoms with Crippen molar-refractivity contribution in [2.45, 2.75) is 32.4 Å². The summed E-state index contributed by atoms with van der Waals surface area (Å²) < 4.78 is 12.9. The van der Waals surface area contributed by atoms with Gasteiger partial charge >= 0.3 is 5.97 Å². The Morgan fingerprint density at radius 2 is 2.00 bits per heavy atom. The molecule has 1 aromatic rings. The molecule has 2 amide bonds. The van der Waals surface area contributed by atoms with Crippen LogP contribution in [0.25, 0.3) is 0 Å². The van der Waals surface area contributed by atoms with Gasteiger partial charge in [-0.2, -0.15) is 5.10 Å². The monoisotopic (exact) mass is 321 g/mol. The lowest BCUT2D eigenvalue weighted by atomic mass is 10.1. The maximum atomic E-state index is 12.9. The fraction of sp³-hybridized carbons (Fsp3) is 0.333. The molecular weight excluding hydrogens is 305 g/mol. The summed E-state index contributed by atoms with van der Waals surface area (Å²) in [5, 5.41) is 16.2. The molecule has 1 atom stereocenters. The van der Waals surface area contributed by atoms with E-state index in [0.29, 0.717) is 5.56 Å². The Balaban J connectivity index is 2.09. The minimum atomic E-state index is -1.16. The first-order chi connectivity index (χ1) is 10.9. The smallest absolute Gasteiger partial charge is 0.325 e. The van der Waals surface area contributed by atoms with Crippen molar-refractivity contribution in [2.24, 2.45) is 5.10 Å². The van der Waals surface area contributed by atoms with Gasteiger partial charge in [0.2, 0.25) is 5.91 Å². The Hall–Kier alpha value is -2.77. The molecule has 8 heteroatoms. The number of nitrogens with zero attached hydrogens (tertiary/aromatic N) is 2. The number of carbonyl (C=O) groups excluding carboxylic acids is 2. The summed E-state index contributed by atoms with van der Waals surface area (Å²) >= 11 is 0. The molecule has 23 heavy (non-hydrogen) atoms. The first kappa shape index (κ1) is 16.6. The van der Waals surface area contributed by atoms with Crippen molar-refractivity contribution < 1.29 is 23.9 Å². The first-order valence-corrected chi connectivity index (χ1v) is 7.03. The number of benzene rings is 1. The highest BCUT2D eigenvalue weighted by Gasteiger charge is 2.26. The molecule has 0 spiro atoms. The number of aliphatic carboxylic acids is 1. The minimum absolute atomic E-state index is 0.0970. The molecule has 0 saturated heterocycles. The van der Waals surface area contributed by atoms with Crippen molar-refractivity contribution >= 4 is 23.5 Å². The molecule has 0 aliphatic carbocycles. The number of hydrogen-bond donors (Lipinski definition) is 2. The summed E-state index contributed by atoms with van der Waals surface area (Å²) in [6.07, 6.45) is 0.256. The largest absolute Gasteiger partial charge is 0.480 e. The molecule has 0 radical (unpaired) electrons. The minimum Gasteiger partial charge on any atom is -0.480 e.